The third-order valence-corrected chi connectivity index (χ3v) is 4.18. The molecule has 0 spiro atoms. The lowest BCUT2D eigenvalue weighted by Crippen LogP contribution is -2.19. The molecule has 128 valence electrons. The molecule has 2 aromatic rings. The Kier molecular flexibility index (Phi) is 6.84. The van der Waals surface area contributed by atoms with E-state index in [0.717, 1.165) is 32.7 Å². The van der Waals surface area contributed by atoms with Gasteiger partial charge in [-0.05, 0) is 43.5 Å². The zero-order valence-corrected chi connectivity index (χ0v) is 14.2. The number of benzene rings is 2. The number of ether oxygens (including phenoxy) is 2. The molecule has 2 aromatic carbocycles. The summed E-state index contributed by atoms with van der Waals surface area (Å²) >= 11 is 0. The zero-order chi connectivity index (χ0) is 16.5. The summed E-state index contributed by atoms with van der Waals surface area (Å²) in [5.74, 6) is 0. The SMILES string of the molecule is C(CC1CO1)NCCC1CO1.c1ccc(Cc2ccccc2)cc1. The van der Waals surface area contributed by atoms with Gasteiger partial charge in [-0.2, -0.15) is 0 Å². The van der Waals surface area contributed by atoms with Crippen molar-refractivity contribution in [1.29, 1.82) is 0 Å². The molecule has 0 aromatic heterocycles. The van der Waals surface area contributed by atoms with Crippen LogP contribution in [0, 0.1) is 0 Å². The summed E-state index contributed by atoms with van der Waals surface area (Å²) in [6.07, 6.45) is 4.51. The van der Waals surface area contributed by atoms with E-state index in [2.05, 4.69) is 66.0 Å². The lowest BCUT2D eigenvalue weighted by atomic mass is 10.1. The predicted octanol–water partition coefficient (Wildman–Crippen LogP) is 3.43. The van der Waals surface area contributed by atoms with Gasteiger partial charge in [-0.25, -0.2) is 0 Å². The molecule has 0 amide bonds. The van der Waals surface area contributed by atoms with Crippen molar-refractivity contribution in [3.05, 3.63) is 71.8 Å². The topological polar surface area (TPSA) is 37.1 Å². The number of epoxide rings is 2. The van der Waals surface area contributed by atoms with Crippen LogP contribution >= 0.6 is 0 Å². The van der Waals surface area contributed by atoms with Crippen LogP contribution in [0.1, 0.15) is 24.0 Å². The minimum Gasteiger partial charge on any atom is -0.373 e. The second-order valence-electron chi connectivity index (χ2n) is 6.39. The first-order chi connectivity index (χ1) is 11.9. The lowest BCUT2D eigenvalue weighted by Gasteiger charge is -2.00. The van der Waals surface area contributed by atoms with Gasteiger partial charge in [0, 0.05) is 0 Å². The highest BCUT2D eigenvalue weighted by Gasteiger charge is 2.22. The maximum absolute atomic E-state index is 5.08. The molecule has 2 atom stereocenters. The first-order valence-electron chi connectivity index (χ1n) is 8.92. The maximum Gasteiger partial charge on any atom is 0.0822 e. The van der Waals surface area contributed by atoms with Gasteiger partial charge in [-0.1, -0.05) is 60.7 Å². The van der Waals surface area contributed by atoms with Gasteiger partial charge in [0.25, 0.3) is 0 Å². The number of hydrogen-bond acceptors (Lipinski definition) is 3. The molecule has 2 fully saturated rings. The standard InChI is InChI=1S/C13H12.C8H15NO2/c1-3-7-12(8-4-1)11-13-9-5-2-6-10-13;1(7-5-10-7)3-9-4-2-8-6-11-8/h1-10H,11H2;7-9H,1-6H2. The molecule has 2 unspecified atom stereocenters. The molecule has 2 saturated heterocycles. The van der Waals surface area contributed by atoms with E-state index in [-0.39, 0.29) is 0 Å². The third-order valence-electron chi connectivity index (χ3n) is 4.18. The summed E-state index contributed by atoms with van der Waals surface area (Å²) in [6, 6.07) is 21.1. The van der Waals surface area contributed by atoms with E-state index in [1.54, 1.807) is 0 Å². The molecule has 3 nitrogen and oxygen atoms in total. The minimum absolute atomic E-state index is 0.569. The quantitative estimate of drug-likeness (QED) is 0.597. The van der Waals surface area contributed by atoms with Crippen LogP contribution in [0.5, 0.6) is 0 Å². The summed E-state index contributed by atoms with van der Waals surface area (Å²) in [7, 11) is 0. The maximum atomic E-state index is 5.08. The highest BCUT2D eigenvalue weighted by atomic mass is 16.6. The summed E-state index contributed by atoms with van der Waals surface area (Å²) in [5.41, 5.74) is 2.74. The number of hydrogen-bond donors (Lipinski definition) is 1. The molecular formula is C21H27NO2. The fraction of sp³-hybridized carbons (Fsp3) is 0.429. The van der Waals surface area contributed by atoms with E-state index < -0.39 is 0 Å². The van der Waals surface area contributed by atoms with Gasteiger partial charge in [-0.3, -0.25) is 0 Å². The van der Waals surface area contributed by atoms with E-state index in [1.807, 2.05) is 0 Å². The van der Waals surface area contributed by atoms with Crippen LogP contribution in [0.4, 0.5) is 0 Å². The van der Waals surface area contributed by atoms with Crippen LogP contribution < -0.4 is 5.32 Å². The lowest BCUT2D eigenvalue weighted by molar-refractivity contribution is 0.380. The van der Waals surface area contributed by atoms with Crippen molar-refractivity contribution in [2.45, 2.75) is 31.5 Å². The van der Waals surface area contributed by atoms with Crippen LogP contribution in [0.25, 0.3) is 0 Å². The molecule has 2 aliphatic heterocycles. The van der Waals surface area contributed by atoms with Crippen molar-refractivity contribution in [1.82, 2.24) is 5.32 Å². The molecule has 0 aliphatic carbocycles. The minimum atomic E-state index is 0.569. The second-order valence-corrected chi connectivity index (χ2v) is 6.39. The van der Waals surface area contributed by atoms with Crippen molar-refractivity contribution in [2.24, 2.45) is 0 Å². The first-order valence-corrected chi connectivity index (χ1v) is 8.92. The molecule has 0 radical (unpaired) electrons. The van der Waals surface area contributed by atoms with Gasteiger partial charge in [0.05, 0.1) is 25.4 Å². The van der Waals surface area contributed by atoms with Crippen molar-refractivity contribution in [2.75, 3.05) is 26.3 Å². The Hall–Kier alpha value is -1.68. The van der Waals surface area contributed by atoms with E-state index in [9.17, 15) is 0 Å². The van der Waals surface area contributed by atoms with Gasteiger partial charge in [0.1, 0.15) is 0 Å². The van der Waals surface area contributed by atoms with Crippen LogP contribution in [-0.2, 0) is 15.9 Å². The smallest absolute Gasteiger partial charge is 0.0822 e. The normalized spacial score (nSPS) is 20.8. The summed E-state index contributed by atoms with van der Waals surface area (Å²) in [4.78, 5) is 0. The summed E-state index contributed by atoms with van der Waals surface area (Å²) in [6.45, 7) is 4.15. The van der Waals surface area contributed by atoms with Crippen LogP contribution in [0.15, 0.2) is 60.7 Å². The van der Waals surface area contributed by atoms with Crippen LogP contribution in [0.3, 0.4) is 0 Å². The average Bonchev–Trinajstić information content (AvgIpc) is 3.53. The van der Waals surface area contributed by atoms with E-state index in [1.165, 1.54) is 24.0 Å². The Morgan fingerprint density at radius 3 is 1.50 bits per heavy atom. The van der Waals surface area contributed by atoms with E-state index in [0.29, 0.717) is 12.2 Å². The van der Waals surface area contributed by atoms with Gasteiger partial charge >= 0.3 is 0 Å². The second kappa shape index (κ2) is 9.58. The molecule has 0 bridgehead atoms. The first kappa shape index (κ1) is 17.2. The number of rotatable bonds is 8. The van der Waals surface area contributed by atoms with Gasteiger partial charge in [0.15, 0.2) is 0 Å². The Bertz CT molecular complexity index is 513. The van der Waals surface area contributed by atoms with Crippen molar-refractivity contribution >= 4 is 0 Å². The highest BCUT2D eigenvalue weighted by Crippen LogP contribution is 2.13. The Balaban J connectivity index is 0.000000143. The summed E-state index contributed by atoms with van der Waals surface area (Å²) in [5, 5.41) is 3.37. The molecule has 2 heterocycles. The third kappa shape index (κ3) is 7.26. The Morgan fingerprint density at radius 2 is 1.12 bits per heavy atom. The number of nitrogens with one attached hydrogen (secondary N) is 1. The molecule has 24 heavy (non-hydrogen) atoms. The van der Waals surface area contributed by atoms with Crippen molar-refractivity contribution in [3.63, 3.8) is 0 Å². The van der Waals surface area contributed by atoms with Crippen molar-refractivity contribution < 1.29 is 9.47 Å². The molecule has 2 aliphatic rings. The van der Waals surface area contributed by atoms with Gasteiger partial charge in [-0.15, -0.1) is 0 Å². The molecule has 0 saturated carbocycles. The summed E-state index contributed by atoms with van der Waals surface area (Å²) < 4.78 is 10.2. The van der Waals surface area contributed by atoms with E-state index >= 15 is 0 Å². The zero-order valence-electron chi connectivity index (χ0n) is 14.2. The molecule has 1 N–H and O–H groups in total. The molecule has 4 rings (SSSR count). The fourth-order valence-corrected chi connectivity index (χ4v) is 2.55. The van der Waals surface area contributed by atoms with Crippen LogP contribution in [-0.4, -0.2) is 38.5 Å². The van der Waals surface area contributed by atoms with Gasteiger partial charge in [0.2, 0.25) is 0 Å². The highest BCUT2D eigenvalue weighted by molar-refractivity contribution is 5.25. The fourth-order valence-electron chi connectivity index (χ4n) is 2.55. The Morgan fingerprint density at radius 1 is 0.708 bits per heavy atom. The van der Waals surface area contributed by atoms with E-state index in [4.69, 9.17) is 9.47 Å². The monoisotopic (exact) mass is 325 g/mol. The van der Waals surface area contributed by atoms with Crippen LogP contribution in [0.2, 0.25) is 0 Å². The predicted molar refractivity (Wildman–Crippen MR) is 97.3 cm³/mol. The largest absolute Gasteiger partial charge is 0.373 e. The molecular weight excluding hydrogens is 298 g/mol. The Labute approximate surface area is 145 Å². The van der Waals surface area contributed by atoms with Crippen molar-refractivity contribution in [3.8, 4) is 0 Å². The average molecular weight is 325 g/mol. The molecule has 3 heteroatoms. The van der Waals surface area contributed by atoms with Gasteiger partial charge < -0.3 is 14.8 Å².